The Kier molecular flexibility index (Phi) is 7.08. The Morgan fingerprint density at radius 3 is 2.13 bits per heavy atom. The Balaban J connectivity index is 1.78. The van der Waals surface area contributed by atoms with Crippen molar-refractivity contribution in [1.82, 2.24) is 0 Å². The van der Waals surface area contributed by atoms with Gasteiger partial charge >= 0.3 is 0 Å². The van der Waals surface area contributed by atoms with Crippen LogP contribution in [0, 0.1) is 11.8 Å². The van der Waals surface area contributed by atoms with E-state index in [4.69, 9.17) is 5.73 Å². The molecule has 0 spiro atoms. The maximum atomic E-state index is 5.52. The molecule has 0 bridgehead atoms. The highest BCUT2D eigenvalue weighted by Gasteiger charge is 2.34. The number of rotatable bonds is 10. The average molecular weight is 211 g/mol. The zero-order valence-corrected chi connectivity index (χ0v) is 10.5. The topological polar surface area (TPSA) is 26.0 Å². The molecular weight excluding hydrogens is 182 g/mol. The molecule has 1 heteroatoms. The molecule has 1 aliphatic rings. The molecule has 0 aliphatic heterocycles. The maximum Gasteiger partial charge on any atom is -0.00772 e. The highest BCUT2D eigenvalue weighted by molar-refractivity contribution is 4.85. The SMILES string of the molecule is CCCCCCCCC1CC1CCCN. The molecule has 0 aromatic rings. The monoisotopic (exact) mass is 211 g/mol. The fourth-order valence-corrected chi connectivity index (χ4v) is 2.58. The largest absolute Gasteiger partial charge is 0.330 e. The molecule has 0 aromatic carbocycles. The smallest absolute Gasteiger partial charge is 0.00772 e. The van der Waals surface area contributed by atoms with E-state index >= 15 is 0 Å². The first-order chi connectivity index (χ1) is 7.38. The van der Waals surface area contributed by atoms with Crippen molar-refractivity contribution in [2.75, 3.05) is 6.54 Å². The van der Waals surface area contributed by atoms with Crippen LogP contribution in [0.1, 0.15) is 71.1 Å². The summed E-state index contributed by atoms with van der Waals surface area (Å²) in [6, 6.07) is 0. The van der Waals surface area contributed by atoms with Crippen LogP contribution in [0.4, 0.5) is 0 Å². The zero-order chi connectivity index (χ0) is 10.9. The van der Waals surface area contributed by atoms with Crippen molar-refractivity contribution in [2.45, 2.75) is 71.1 Å². The van der Waals surface area contributed by atoms with Crippen LogP contribution in [0.25, 0.3) is 0 Å². The summed E-state index contributed by atoms with van der Waals surface area (Å²) in [5.41, 5.74) is 5.52. The summed E-state index contributed by atoms with van der Waals surface area (Å²) < 4.78 is 0. The highest BCUT2D eigenvalue weighted by Crippen LogP contribution is 2.45. The van der Waals surface area contributed by atoms with Crippen LogP contribution in [0.2, 0.25) is 0 Å². The van der Waals surface area contributed by atoms with Crippen molar-refractivity contribution in [2.24, 2.45) is 17.6 Å². The molecule has 0 aromatic heterocycles. The lowest BCUT2D eigenvalue weighted by molar-refractivity contribution is 0.533. The second kappa shape index (κ2) is 8.15. The van der Waals surface area contributed by atoms with Gasteiger partial charge in [-0.3, -0.25) is 0 Å². The van der Waals surface area contributed by atoms with Gasteiger partial charge in [0, 0.05) is 0 Å². The summed E-state index contributed by atoms with van der Waals surface area (Å²) in [4.78, 5) is 0. The Hall–Kier alpha value is -0.0400. The fraction of sp³-hybridized carbons (Fsp3) is 1.00. The van der Waals surface area contributed by atoms with Gasteiger partial charge in [0.2, 0.25) is 0 Å². The molecule has 1 fully saturated rings. The minimum Gasteiger partial charge on any atom is -0.330 e. The number of hydrogen-bond donors (Lipinski definition) is 1. The van der Waals surface area contributed by atoms with Crippen LogP contribution in [-0.2, 0) is 0 Å². The molecule has 1 rings (SSSR count). The third-order valence-corrected chi connectivity index (χ3v) is 3.78. The minimum absolute atomic E-state index is 0.889. The molecule has 2 atom stereocenters. The van der Waals surface area contributed by atoms with Crippen molar-refractivity contribution in [3.05, 3.63) is 0 Å². The number of hydrogen-bond acceptors (Lipinski definition) is 1. The van der Waals surface area contributed by atoms with Crippen LogP contribution in [0.5, 0.6) is 0 Å². The van der Waals surface area contributed by atoms with Gasteiger partial charge in [0.1, 0.15) is 0 Å². The molecule has 15 heavy (non-hydrogen) atoms. The van der Waals surface area contributed by atoms with Gasteiger partial charge in [-0.1, -0.05) is 51.9 Å². The van der Waals surface area contributed by atoms with Gasteiger partial charge in [-0.15, -0.1) is 0 Å². The standard InChI is InChI=1S/C14H29N/c1-2-3-4-5-6-7-9-13-12-14(13)10-8-11-15/h13-14H,2-12,15H2,1H3. The Labute approximate surface area is 95.8 Å². The second-order valence-electron chi connectivity index (χ2n) is 5.24. The van der Waals surface area contributed by atoms with Gasteiger partial charge < -0.3 is 5.73 Å². The van der Waals surface area contributed by atoms with Crippen molar-refractivity contribution in [1.29, 1.82) is 0 Å². The molecule has 0 amide bonds. The minimum atomic E-state index is 0.889. The van der Waals surface area contributed by atoms with E-state index in [2.05, 4.69) is 6.92 Å². The molecule has 1 nitrogen and oxygen atoms in total. The summed E-state index contributed by atoms with van der Waals surface area (Å²) in [6.07, 6.45) is 14.3. The van der Waals surface area contributed by atoms with E-state index in [9.17, 15) is 0 Å². The molecule has 0 heterocycles. The predicted octanol–water partition coefficient (Wildman–Crippen LogP) is 4.11. The molecule has 0 saturated heterocycles. The van der Waals surface area contributed by atoms with Crippen LogP contribution in [0.15, 0.2) is 0 Å². The first-order valence-electron chi connectivity index (χ1n) is 7.08. The summed E-state index contributed by atoms with van der Waals surface area (Å²) in [6.45, 7) is 3.17. The van der Waals surface area contributed by atoms with E-state index in [1.165, 1.54) is 64.2 Å². The van der Waals surface area contributed by atoms with Crippen LogP contribution >= 0.6 is 0 Å². The van der Waals surface area contributed by atoms with Gasteiger partial charge in [-0.25, -0.2) is 0 Å². The van der Waals surface area contributed by atoms with Crippen molar-refractivity contribution >= 4 is 0 Å². The summed E-state index contributed by atoms with van der Waals surface area (Å²) in [5, 5.41) is 0. The fourth-order valence-electron chi connectivity index (χ4n) is 2.58. The lowest BCUT2D eigenvalue weighted by atomic mass is 10.1. The molecule has 2 N–H and O–H groups in total. The van der Waals surface area contributed by atoms with Gasteiger partial charge in [0.15, 0.2) is 0 Å². The van der Waals surface area contributed by atoms with Crippen molar-refractivity contribution in [3.8, 4) is 0 Å². The van der Waals surface area contributed by atoms with Crippen LogP contribution in [-0.4, -0.2) is 6.54 Å². The molecule has 90 valence electrons. The van der Waals surface area contributed by atoms with Gasteiger partial charge in [0.25, 0.3) is 0 Å². The Bertz CT molecular complexity index is 144. The van der Waals surface area contributed by atoms with Crippen LogP contribution in [0.3, 0.4) is 0 Å². The summed E-state index contributed by atoms with van der Waals surface area (Å²) in [5.74, 6) is 2.15. The Morgan fingerprint density at radius 2 is 1.47 bits per heavy atom. The summed E-state index contributed by atoms with van der Waals surface area (Å²) >= 11 is 0. The molecule has 1 saturated carbocycles. The van der Waals surface area contributed by atoms with Gasteiger partial charge in [-0.05, 0) is 37.6 Å². The normalized spacial score (nSPS) is 24.4. The second-order valence-corrected chi connectivity index (χ2v) is 5.24. The molecular formula is C14H29N. The Morgan fingerprint density at radius 1 is 0.867 bits per heavy atom. The quantitative estimate of drug-likeness (QED) is 0.541. The van der Waals surface area contributed by atoms with Gasteiger partial charge in [-0.2, -0.15) is 0 Å². The third kappa shape index (κ3) is 6.19. The van der Waals surface area contributed by atoms with Crippen molar-refractivity contribution in [3.63, 3.8) is 0 Å². The lowest BCUT2D eigenvalue weighted by Crippen LogP contribution is -1.98. The van der Waals surface area contributed by atoms with E-state index in [1.54, 1.807) is 0 Å². The molecule has 1 aliphatic carbocycles. The van der Waals surface area contributed by atoms with Crippen LogP contribution < -0.4 is 5.73 Å². The lowest BCUT2D eigenvalue weighted by Gasteiger charge is -2.01. The van der Waals surface area contributed by atoms with E-state index in [0.29, 0.717) is 0 Å². The zero-order valence-electron chi connectivity index (χ0n) is 10.5. The third-order valence-electron chi connectivity index (χ3n) is 3.78. The predicted molar refractivity (Wildman–Crippen MR) is 67.9 cm³/mol. The van der Waals surface area contributed by atoms with E-state index in [1.807, 2.05) is 0 Å². The molecule has 2 unspecified atom stereocenters. The first kappa shape index (κ1) is 13.0. The number of unbranched alkanes of at least 4 members (excludes halogenated alkanes) is 5. The first-order valence-corrected chi connectivity index (χ1v) is 7.08. The van der Waals surface area contributed by atoms with E-state index in [-0.39, 0.29) is 0 Å². The molecule has 0 radical (unpaired) electrons. The van der Waals surface area contributed by atoms with E-state index < -0.39 is 0 Å². The maximum absolute atomic E-state index is 5.52. The van der Waals surface area contributed by atoms with Gasteiger partial charge in [0.05, 0.1) is 0 Å². The van der Waals surface area contributed by atoms with E-state index in [0.717, 1.165) is 18.4 Å². The summed E-state index contributed by atoms with van der Waals surface area (Å²) in [7, 11) is 0. The highest BCUT2D eigenvalue weighted by atomic mass is 14.5. The van der Waals surface area contributed by atoms with Crippen molar-refractivity contribution < 1.29 is 0 Å². The average Bonchev–Trinajstić information content (AvgIpc) is 2.99. The number of nitrogens with two attached hydrogens (primary N) is 1.